The highest BCUT2D eigenvalue weighted by Crippen LogP contribution is 2.08. The highest BCUT2D eigenvalue weighted by molar-refractivity contribution is 5.85. The van der Waals surface area contributed by atoms with E-state index in [9.17, 15) is 4.79 Å². The lowest BCUT2D eigenvalue weighted by Crippen LogP contribution is -2.07. The summed E-state index contributed by atoms with van der Waals surface area (Å²) in [4.78, 5) is 10.2. The average molecular weight is 203 g/mol. The molecular weight excluding hydrogens is 192 g/mol. The molecule has 0 heterocycles. The molecule has 5 heteroatoms. The van der Waals surface area contributed by atoms with Gasteiger partial charge in [0.25, 0.3) is 0 Å². The van der Waals surface area contributed by atoms with Crippen molar-refractivity contribution in [2.24, 2.45) is 5.73 Å². The third kappa shape index (κ3) is 3.78. The molecule has 0 fully saturated rings. The van der Waals surface area contributed by atoms with E-state index >= 15 is 0 Å². The summed E-state index contributed by atoms with van der Waals surface area (Å²) in [7, 11) is 0. The summed E-state index contributed by atoms with van der Waals surface area (Å²) in [6.07, 6.45) is -1.06. The molecule has 0 unspecified atom stereocenters. The summed E-state index contributed by atoms with van der Waals surface area (Å²) < 4.78 is 0. The van der Waals surface area contributed by atoms with Crippen LogP contribution < -0.4 is 11.1 Å². The van der Waals surface area contributed by atoms with Gasteiger partial charge < -0.3 is 10.8 Å². The molecule has 1 rings (SSSR count). The Morgan fingerprint density at radius 1 is 1.38 bits per heavy atom. The zero-order valence-corrected chi connectivity index (χ0v) is 7.67. The van der Waals surface area contributed by atoms with Gasteiger partial charge in [0.2, 0.25) is 0 Å². The molecule has 0 spiro atoms. The number of halogens is 1. The van der Waals surface area contributed by atoms with Gasteiger partial charge in [-0.1, -0.05) is 12.1 Å². The number of nitrogens with one attached hydrogen (secondary N) is 1. The smallest absolute Gasteiger partial charge is 0.409 e. The lowest BCUT2D eigenvalue weighted by Gasteiger charge is -2.00. The van der Waals surface area contributed by atoms with E-state index in [1.54, 1.807) is 24.3 Å². The van der Waals surface area contributed by atoms with Gasteiger partial charge in [-0.3, -0.25) is 5.32 Å². The van der Waals surface area contributed by atoms with Crippen LogP contribution in [0.1, 0.15) is 5.56 Å². The molecule has 72 valence electrons. The summed E-state index contributed by atoms with van der Waals surface area (Å²) in [6.45, 7) is 0.466. The normalized spacial score (nSPS) is 8.69. The van der Waals surface area contributed by atoms with E-state index in [1.165, 1.54) is 0 Å². The highest BCUT2D eigenvalue weighted by Gasteiger charge is 1.96. The SMILES string of the molecule is Cl.NCc1ccc(NC(=O)O)cc1. The Hall–Kier alpha value is -1.26. The van der Waals surface area contributed by atoms with Crippen LogP contribution in [-0.4, -0.2) is 11.2 Å². The minimum atomic E-state index is -1.06. The van der Waals surface area contributed by atoms with Gasteiger partial charge >= 0.3 is 6.09 Å². The number of hydrogen-bond acceptors (Lipinski definition) is 2. The van der Waals surface area contributed by atoms with Gasteiger partial charge in [0.15, 0.2) is 0 Å². The van der Waals surface area contributed by atoms with Gasteiger partial charge in [-0.15, -0.1) is 12.4 Å². The maximum absolute atomic E-state index is 10.2. The molecule has 1 aromatic carbocycles. The number of anilines is 1. The van der Waals surface area contributed by atoms with Crippen LogP contribution in [0.15, 0.2) is 24.3 Å². The summed E-state index contributed by atoms with van der Waals surface area (Å²) >= 11 is 0. The molecule has 1 aromatic rings. The van der Waals surface area contributed by atoms with E-state index < -0.39 is 6.09 Å². The first-order valence-corrected chi connectivity index (χ1v) is 3.51. The highest BCUT2D eigenvalue weighted by atomic mass is 35.5. The van der Waals surface area contributed by atoms with Gasteiger partial charge in [0.1, 0.15) is 0 Å². The summed E-state index contributed by atoms with van der Waals surface area (Å²) in [5, 5.41) is 10.6. The van der Waals surface area contributed by atoms with Gasteiger partial charge in [0.05, 0.1) is 0 Å². The minimum absolute atomic E-state index is 0. The standard InChI is InChI=1S/C8H10N2O2.ClH/c9-5-6-1-3-7(4-2-6)10-8(11)12;/h1-4,10H,5,9H2,(H,11,12);1H. The Bertz CT molecular complexity index is 274. The molecule has 0 saturated heterocycles. The first kappa shape index (κ1) is 11.7. The second-order valence-corrected chi connectivity index (χ2v) is 2.33. The Balaban J connectivity index is 0.00000144. The van der Waals surface area contributed by atoms with Crippen molar-refractivity contribution in [3.05, 3.63) is 29.8 Å². The van der Waals surface area contributed by atoms with Gasteiger partial charge in [0, 0.05) is 12.2 Å². The fraction of sp³-hybridized carbons (Fsp3) is 0.125. The van der Waals surface area contributed by atoms with Crippen molar-refractivity contribution in [2.75, 3.05) is 5.32 Å². The Labute approximate surface area is 82.2 Å². The summed E-state index contributed by atoms with van der Waals surface area (Å²) in [5.41, 5.74) is 6.90. The summed E-state index contributed by atoms with van der Waals surface area (Å²) in [6, 6.07) is 6.92. The Morgan fingerprint density at radius 2 is 1.92 bits per heavy atom. The van der Waals surface area contributed by atoms with Crippen molar-refractivity contribution in [3.63, 3.8) is 0 Å². The first-order valence-electron chi connectivity index (χ1n) is 3.51. The molecule has 13 heavy (non-hydrogen) atoms. The number of rotatable bonds is 2. The Kier molecular flexibility index (Phi) is 4.87. The quantitative estimate of drug-likeness (QED) is 0.683. The molecule has 0 atom stereocenters. The largest absolute Gasteiger partial charge is 0.465 e. The van der Waals surface area contributed by atoms with E-state index in [0.29, 0.717) is 12.2 Å². The van der Waals surface area contributed by atoms with Crippen LogP contribution >= 0.6 is 12.4 Å². The monoisotopic (exact) mass is 202 g/mol. The fourth-order valence-electron chi connectivity index (χ4n) is 0.848. The topological polar surface area (TPSA) is 75.3 Å². The maximum atomic E-state index is 10.2. The number of hydrogen-bond donors (Lipinski definition) is 3. The van der Waals surface area contributed by atoms with E-state index in [0.717, 1.165) is 5.56 Å². The van der Waals surface area contributed by atoms with Crippen LogP contribution in [0, 0.1) is 0 Å². The molecule has 0 aliphatic rings. The first-order chi connectivity index (χ1) is 5.72. The van der Waals surface area contributed by atoms with Crippen LogP contribution in [-0.2, 0) is 6.54 Å². The summed E-state index contributed by atoms with van der Waals surface area (Å²) in [5.74, 6) is 0. The van der Waals surface area contributed by atoms with Crippen LogP contribution in [0.3, 0.4) is 0 Å². The number of carbonyl (C=O) groups is 1. The van der Waals surface area contributed by atoms with E-state index in [-0.39, 0.29) is 12.4 Å². The second-order valence-electron chi connectivity index (χ2n) is 2.33. The Morgan fingerprint density at radius 3 is 2.31 bits per heavy atom. The molecule has 4 N–H and O–H groups in total. The zero-order valence-electron chi connectivity index (χ0n) is 6.86. The lowest BCUT2D eigenvalue weighted by molar-refractivity contribution is 0.210. The van der Waals surface area contributed by atoms with Gasteiger partial charge in [-0.25, -0.2) is 4.79 Å². The van der Waals surface area contributed by atoms with Crippen molar-refractivity contribution in [1.29, 1.82) is 0 Å². The number of amides is 1. The second kappa shape index (κ2) is 5.40. The number of nitrogens with two attached hydrogens (primary N) is 1. The lowest BCUT2D eigenvalue weighted by atomic mass is 10.2. The number of benzene rings is 1. The fourth-order valence-corrected chi connectivity index (χ4v) is 0.848. The molecule has 0 radical (unpaired) electrons. The van der Waals surface area contributed by atoms with Crippen LogP contribution in [0.25, 0.3) is 0 Å². The van der Waals surface area contributed by atoms with Crippen molar-refractivity contribution in [1.82, 2.24) is 0 Å². The van der Waals surface area contributed by atoms with Gasteiger partial charge in [-0.2, -0.15) is 0 Å². The van der Waals surface area contributed by atoms with Crippen molar-refractivity contribution < 1.29 is 9.90 Å². The van der Waals surface area contributed by atoms with E-state index in [2.05, 4.69) is 5.32 Å². The average Bonchev–Trinajstić information content (AvgIpc) is 2.05. The molecule has 0 aromatic heterocycles. The molecule has 1 amide bonds. The molecule has 0 aliphatic heterocycles. The molecule has 0 saturated carbocycles. The molecule has 4 nitrogen and oxygen atoms in total. The molecule has 0 bridgehead atoms. The van der Waals surface area contributed by atoms with Crippen LogP contribution in [0.4, 0.5) is 10.5 Å². The van der Waals surface area contributed by atoms with Crippen LogP contribution in [0.2, 0.25) is 0 Å². The van der Waals surface area contributed by atoms with Crippen LogP contribution in [0.5, 0.6) is 0 Å². The zero-order chi connectivity index (χ0) is 8.97. The predicted molar refractivity (Wildman–Crippen MR) is 53.2 cm³/mol. The van der Waals surface area contributed by atoms with Gasteiger partial charge in [-0.05, 0) is 17.7 Å². The predicted octanol–water partition coefficient (Wildman–Crippen LogP) is 1.66. The molecular formula is C8H11ClN2O2. The number of carboxylic acid groups (broad SMARTS) is 1. The van der Waals surface area contributed by atoms with E-state index in [4.69, 9.17) is 10.8 Å². The maximum Gasteiger partial charge on any atom is 0.409 e. The third-order valence-electron chi connectivity index (χ3n) is 1.44. The van der Waals surface area contributed by atoms with Crippen molar-refractivity contribution in [2.45, 2.75) is 6.54 Å². The van der Waals surface area contributed by atoms with E-state index in [1.807, 2.05) is 0 Å². The molecule has 0 aliphatic carbocycles. The van der Waals surface area contributed by atoms with Crippen molar-refractivity contribution >= 4 is 24.2 Å². The van der Waals surface area contributed by atoms with Crippen molar-refractivity contribution in [3.8, 4) is 0 Å². The third-order valence-corrected chi connectivity index (χ3v) is 1.44. The minimum Gasteiger partial charge on any atom is -0.465 e.